The molecule has 1 unspecified atom stereocenters. The number of halogens is 1. The van der Waals surface area contributed by atoms with Crippen molar-refractivity contribution in [1.82, 2.24) is 14.5 Å². The first-order chi connectivity index (χ1) is 19.4. The summed E-state index contributed by atoms with van der Waals surface area (Å²) >= 11 is 6.28. The molecule has 0 N–H and O–H groups in total. The summed E-state index contributed by atoms with van der Waals surface area (Å²) in [5.74, 6) is 1.85. The highest BCUT2D eigenvalue weighted by Crippen LogP contribution is 2.44. The first kappa shape index (κ1) is 26.2. The summed E-state index contributed by atoms with van der Waals surface area (Å²) in [4.78, 5) is 25.8. The van der Waals surface area contributed by atoms with E-state index in [0.29, 0.717) is 41.6 Å². The van der Waals surface area contributed by atoms with Crippen molar-refractivity contribution in [3.63, 3.8) is 0 Å². The molecule has 2 aliphatic heterocycles. The first-order valence-corrected chi connectivity index (χ1v) is 13.8. The molecule has 9 heteroatoms. The van der Waals surface area contributed by atoms with Crippen LogP contribution in [0.15, 0.2) is 65.5 Å². The summed E-state index contributed by atoms with van der Waals surface area (Å²) < 4.78 is 13.7. The Labute approximate surface area is 238 Å². The molecule has 0 aliphatic carbocycles. The Kier molecular flexibility index (Phi) is 6.87. The van der Waals surface area contributed by atoms with Crippen LogP contribution in [0.25, 0.3) is 15.9 Å². The second-order valence-electron chi connectivity index (χ2n) is 10.4. The average molecular weight is 556 g/mol. The molecule has 0 bridgehead atoms. The Bertz CT molecular complexity index is 1680. The zero-order valence-electron chi connectivity index (χ0n) is 22.7. The molecule has 1 saturated heterocycles. The summed E-state index contributed by atoms with van der Waals surface area (Å²) in [6.07, 6.45) is 0. The molecule has 0 spiro atoms. The van der Waals surface area contributed by atoms with Crippen LogP contribution in [0, 0.1) is 6.57 Å². The van der Waals surface area contributed by atoms with Crippen LogP contribution in [0.2, 0.25) is 5.02 Å². The molecule has 3 atom stereocenters. The van der Waals surface area contributed by atoms with Crippen LogP contribution in [0.5, 0.6) is 11.5 Å². The molecule has 1 fully saturated rings. The summed E-state index contributed by atoms with van der Waals surface area (Å²) in [5, 5.41) is 0.687. The third kappa shape index (κ3) is 4.55. The normalized spacial score (nSPS) is 19.8. The number of fused-ring (bicyclic) bond motifs is 2. The van der Waals surface area contributed by atoms with Gasteiger partial charge in [-0.15, -0.1) is 4.98 Å². The van der Waals surface area contributed by atoms with Crippen molar-refractivity contribution >= 4 is 34.1 Å². The van der Waals surface area contributed by atoms with Crippen molar-refractivity contribution < 1.29 is 9.47 Å². The van der Waals surface area contributed by atoms with Gasteiger partial charge in [-0.25, -0.2) is 0 Å². The number of hydrogen-bond acceptors (Lipinski definition) is 6. The van der Waals surface area contributed by atoms with Gasteiger partial charge < -0.3 is 23.8 Å². The van der Waals surface area contributed by atoms with Crippen LogP contribution in [0.1, 0.15) is 31.0 Å². The number of rotatable bonds is 4. The predicted octanol–water partition coefficient (Wildman–Crippen LogP) is 5.60. The van der Waals surface area contributed by atoms with Crippen molar-refractivity contribution in [3.8, 4) is 11.5 Å². The Balaban J connectivity index is 1.42. The van der Waals surface area contributed by atoms with Gasteiger partial charge in [0.05, 0.1) is 17.2 Å². The van der Waals surface area contributed by atoms with Gasteiger partial charge in [-0.3, -0.25) is 9.69 Å². The van der Waals surface area contributed by atoms with E-state index in [1.165, 1.54) is 0 Å². The van der Waals surface area contributed by atoms with E-state index in [-0.39, 0.29) is 23.7 Å². The molecule has 40 heavy (non-hydrogen) atoms. The quantitative estimate of drug-likeness (QED) is 0.306. The molecule has 2 aromatic heterocycles. The number of aromatic nitrogens is 2. The lowest BCUT2D eigenvalue weighted by atomic mass is 9.92. The molecular formula is C31H30ClN5O3. The lowest BCUT2D eigenvalue weighted by molar-refractivity contribution is 0.122. The van der Waals surface area contributed by atoms with Gasteiger partial charge in [0.25, 0.3) is 11.4 Å². The minimum absolute atomic E-state index is 0.0522. The van der Waals surface area contributed by atoms with Crippen LogP contribution < -0.4 is 19.9 Å². The van der Waals surface area contributed by atoms with Crippen molar-refractivity contribution in [3.05, 3.63) is 98.6 Å². The van der Waals surface area contributed by atoms with Gasteiger partial charge in [0.1, 0.15) is 13.2 Å². The molecule has 2 aromatic carbocycles. The molecule has 4 heterocycles. The summed E-state index contributed by atoms with van der Waals surface area (Å²) in [7, 11) is 1.74. The summed E-state index contributed by atoms with van der Waals surface area (Å²) in [6, 6.07) is 19.2. The lowest BCUT2D eigenvalue weighted by Crippen LogP contribution is -2.57. The van der Waals surface area contributed by atoms with Crippen LogP contribution in [0.4, 0.5) is 11.5 Å². The molecule has 0 saturated carbocycles. The van der Waals surface area contributed by atoms with Crippen LogP contribution in [0.3, 0.4) is 0 Å². The number of benzene rings is 2. The van der Waals surface area contributed by atoms with Gasteiger partial charge >= 0.3 is 0 Å². The van der Waals surface area contributed by atoms with Gasteiger partial charge in [0.15, 0.2) is 11.5 Å². The minimum Gasteiger partial charge on any atom is -0.486 e. The predicted molar refractivity (Wildman–Crippen MR) is 157 cm³/mol. The number of nitrogens with zero attached hydrogens (tertiary/aromatic N) is 5. The molecule has 204 valence electrons. The van der Waals surface area contributed by atoms with E-state index >= 15 is 0 Å². The van der Waals surface area contributed by atoms with Crippen molar-refractivity contribution in [2.24, 2.45) is 7.05 Å². The van der Waals surface area contributed by atoms with Gasteiger partial charge in [0, 0.05) is 48.9 Å². The molecule has 4 aromatic rings. The maximum atomic E-state index is 12.9. The molecular weight excluding hydrogens is 526 g/mol. The van der Waals surface area contributed by atoms with Crippen molar-refractivity contribution in [1.29, 1.82) is 0 Å². The smallest absolute Gasteiger partial charge is 0.270 e. The van der Waals surface area contributed by atoms with E-state index in [1.54, 1.807) is 23.7 Å². The maximum absolute atomic E-state index is 12.9. The molecule has 8 nitrogen and oxygen atoms in total. The standard InChI is InChI=1S/C31H30ClN5O3/c1-19-18-37(20(2)17-36(19)25-16-28(38)35(4)24-12-13-27(33-3)34-29(24)25)30(21-8-10-22(32)11-9-21)23-6-5-7-26-31(23)40-15-14-39-26/h5-13,16,19-20,30H,14-15,17-18H2,1-2,4H3/t19-,20+,30?/m0/s1. The number of piperazine rings is 1. The topological polar surface area (TPSA) is 64.2 Å². The highest BCUT2D eigenvalue weighted by molar-refractivity contribution is 6.30. The fourth-order valence-corrected chi connectivity index (χ4v) is 6.06. The zero-order valence-corrected chi connectivity index (χ0v) is 23.4. The Morgan fingerprint density at radius 3 is 2.58 bits per heavy atom. The highest BCUT2D eigenvalue weighted by Gasteiger charge is 2.38. The van der Waals surface area contributed by atoms with Gasteiger partial charge in [0.2, 0.25) is 5.52 Å². The van der Waals surface area contributed by atoms with Gasteiger partial charge in [-0.2, -0.15) is 0 Å². The second kappa shape index (κ2) is 10.5. The average Bonchev–Trinajstić information content (AvgIpc) is 2.97. The Morgan fingerprint density at radius 1 is 1.02 bits per heavy atom. The number of aryl methyl sites for hydroxylation is 1. The zero-order chi connectivity index (χ0) is 28.0. The van der Waals surface area contributed by atoms with Crippen LogP contribution in [-0.4, -0.2) is 52.8 Å². The SMILES string of the molecule is [C-]#[N+]c1ccc2c(n1)c(N1C[C@@H](C)N(C(c3ccc(Cl)cc3)c3cccc4c3OCCO4)C[C@@H]1C)cc(=O)n2C. The van der Waals surface area contributed by atoms with Crippen molar-refractivity contribution in [2.45, 2.75) is 32.0 Å². The second-order valence-corrected chi connectivity index (χ2v) is 10.9. The van der Waals surface area contributed by atoms with E-state index < -0.39 is 0 Å². The Morgan fingerprint density at radius 2 is 1.80 bits per heavy atom. The maximum Gasteiger partial charge on any atom is 0.270 e. The fourth-order valence-electron chi connectivity index (χ4n) is 5.94. The van der Waals surface area contributed by atoms with E-state index in [9.17, 15) is 4.79 Å². The number of hydrogen-bond donors (Lipinski definition) is 0. The molecule has 0 radical (unpaired) electrons. The summed E-state index contributed by atoms with van der Waals surface area (Å²) in [5.41, 5.74) is 4.20. The largest absolute Gasteiger partial charge is 0.486 e. The van der Waals surface area contributed by atoms with Gasteiger partial charge in [-0.05, 0) is 49.7 Å². The fraction of sp³-hybridized carbons (Fsp3) is 0.323. The molecule has 6 rings (SSSR count). The van der Waals surface area contributed by atoms with Gasteiger partial charge in [-0.1, -0.05) is 42.4 Å². The van der Waals surface area contributed by atoms with E-state index in [4.69, 9.17) is 27.6 Å². The van der Waals surface area contributed by atoms with E-state index in [1.807, 2.05) is 30.3 Å². The lowest BCUT2D eigenvalue weighted by Gasteiger charge is -2.48. The monoisotopic (exact) mass is 555 g/mol. The minimum atomic E-state index is -0.103. The Hall–Kier alpha value is -4.06. The number of para-hydroxylation sites is 1. The molecule has 2 aliphatic rings. The third-order valence-corrected chi connectivity index (χ3v) is 8.17. The number of anilines is 1. The number of pyridine rings is 2. The third-order valence-electron chi connectivity index (χ3n) is 7.92. The van der Waals surface area contributed by atoms with Crippen molar-refractivity contribution in [2.75, 3.05) is 31.2 Å². The summed E-state index contributed by atoms with van der Waals surface area (Å²) in [6.45, 7) is 14.3. The van der Waals surface area contributed by atoms with Crippen LogP contribution >= 0.6 is 11.6 Å². The first-order valence-electron chi connectivity index (χ1n) is 13.4. The van der Waals surface area contributed by atoms with E-state index in [2.05, 4.69) is 51.7 Å². The highest BCUT2D eigenvalue weighted by atomic mass is 35.5. The molecule has 0 amide bonds. The number of ether oxygens (including phenoxy) is 2. The van der Waals surface area contributed by atoms with E-state index in [0.717, 1.165) is 34.9 Å². The van der Waals surface area contributed by atoms with Crippen LogP contribution in [-0.2, 0) is 7.05 Å².